The largest absolute Gasteiger partial charge is 0.490 e. The van der Waals surface area contributed by atoms with Gasteiger partial charge in [0.15, 0.2) is 11.5 Å². The Morgan fingerprint density at radius 1 is 0.927 bits per heavy atom. The van der Waals surface area contributed by atoms with Crippen LogP contribution in [0.25, 0.3) is 0 Å². The molecule has 0 unspecified atom stereocenters. The Balaban J connectivity index is 1.28. The molecule has 1 aromatic heterocycles. The van der Waals surface area contributed by atoms with Crippen molar-refractivity contribution in [2.24, 2.45) is 5.10 Å². The predicted molar refractivity (Wildman–Crippen MR) is 152 cm³/mol. The van der Waals surface area contributed by atoms with Crippen molar-refractivity contribution in [3.05, 3.63) is 63.7 Å². The predicted octanol–water partition coefficient (Wildman–Crippen LogP) is 2.88. The van der Waals surface area contributed by atoms with Crippen LogP contribution in [0, 0.1) is 10.1 Å². The quantitative estimate of drug-likeness (QED) is 0.207. The third kappa shape index (κ3) is 7.55. The Labute approximate surface area is 237 Å². The summed E-state index contributed by atoms with van der Waals surface area (Å²) in [4.78, 5) is 28.5. The standard InChI is InChI=1S/C27H32N8O6/c1-2-40-24-17-21(5-8-23(24)41-19-20-3-6-22(7-4-20)35(36)37)18-28-32-25-29-26(33-9-13-38-14-10-33)31-27(30-25)34-11-15-39-16-12-34/h3-8,17-18H,2,9-16,19H2,1H3,(H,29,30,31,32)/b28-18+. The molecule has 2 aliphatic heterocycles. The Kier molecular flexibility index (Phi) is 9.34. The average Bonchev–Trinajstić information content (AvgIpc) is 3.02. The Bertz CT molecular complexity index is 1310. The molecule has 0 bridgehead atoms. The molecule has 3 heterocycles. The highest BCUT2D eigenvalue weighted by molar-refractivity contribution is 5.81. The second-order valence-corrected chi connectivity index (χ2v) is 9.18. The van der Waals surface area contributed by atoms with Gasteiger partial charge in [0.2, 0.25) is 17.8 Å². The minimum atomic E-state index is -0.431. The maximum absolute atomic E-state index is 10.9. The molecule has 14 heteroatoms. The van der Waals surface area contributed by atoms with Crippen LogP contribution in [0.2, 0.25) is 0 Å². The van der Waals surface area contributed by atoms with E-state index >= 15 is 0 Å². The van der Waals surface area contributed by atoms with Crippen LogP contribution < -0.4 is 24.7 Å². The number of hydrogen-bond acceptors (Lipinski definition) is 13. The molecule has 1 N–H and O–H groups in total. The van der Waals surface area contributed by atoms with Crippen molar-refractivity contribution in [1.82, 2.24) is 15.0 Å². The van der Waals surface area contributed by atoms with Crippen LogP contribution in [0.1, 0.15) is 18.1 Å². The van der Waals surface area contributed by atoms with Crippen molar-refractivity contribution in [3.63, 3.8) is 0 Å². The molecule has 0 aliphatic carbocycles. The molecule has 0 amide bonds. The summed E-state index contributed by atoms with van der Waals surface area (Å²) in [5.41, 5.74) is 4.56. The van der Waals surface area contributed by atoms with E-state index in [1.54, 1.807) is 24.4 Å². The maximum atomic E-state index is 10.9. The molecular weight excluding hydrogens is 532 g/mol. The number of nitrogens with one attached hydrogen (secondary N) is 1. The van der Waals surface area contributed by atoms with Crippen molar-refractivity contribution in [1.29, 1.82) is 0 Å². The van der Waals surface area contributed by atoms with E-state index < -0.39 is 4.92 Å². The van der Waals surface area contributed by atoms with Gasteiger partial charge < -0.3 is 28.7 Å². The van der Waals surface area contributed by atoms with Gasteiger partial charge in [0.05, 0.1) is 44.2 Å². The third-order valence-electron chi connectivity index (χ3n) is 6.39. The fourth-order valence-electron chi connectivity index (χ4n) is 4.25. The van der Waals surface area contributed by atoms with Gasteiger partial charge in [-0.3, -0.25) is 10.1 Å². The smallest absolute Gasteiger partial charge is 0.269 e. The van der Waals surface area contributed by atoms with Gasteiger partial charge in [0, 0.05) is 38.3 Å². The van der Waals surface area contributed by atoms with Crippen LogP contribution in [0.15, 0.2) is 47.6 Å². The lowest BCUT2D eigenvalue weighted by Crippen LogP contribution is -2.40. The first kappa shape index (κ1) is 28.0. The van der Waals surface area contributed by atoms with Gasteiger partial charge in [-0.25, -0.2) is 5.43 Å². The number of ether oxygens (including phenoxy) is 4. The molecule has 5 rings (SSSR count). The van der Waals surface area contributed by atoms with E-state index in [4.69, 9.17) is 23.9 Å². The second-order valence-electron chi connectivity index (χ2n) is 9.18. The summed E-state index contributed by atoms with van der Waals surface area (Å²) in [5.74, 6) is 2.61. The van der Waals surface area contributed by atoms with Crippen molar-refractivity contribution in [2.45, 2.75) is 13.5 Å². The van der Waals surface area contributed by atoms with Crippen LogP contribution in [0.4, 0.5) is 23.5 Å². The number of hydrazone groups is 1. The topological polar surface area (TPSA) is 150 Å². The van der Waals surface area contributed by atoms with Crippen LogP contribution in [-0.2, 0) is 16.1 Å². The van der Waals surface area contributed by atoms with Gasteiger partial charge >= 0.3 is 0 Å². The monoisotopic (exact) mass is 564 g/mol. The van der Waals surface area contributed by atoms with Crippen molar-refractivity contribution < 1.29 is 23.9 Å². The van der Waals surface area contributed by atoms with E-state index in [9.17, 15) is 10.1 Å². The lowest BCUT2D eigenvalue weighted by Gasteiger charge is -2.30. The first-order valence-corrected chi connectivity index (χ1v) is 13.4. The summed E-state index contributed by atoms with van der Waals surface area (Å²) in [6, 6.07) is 11.7. The van der Waals surface area contributed by atoms with Gasteiger partial charge in [-0.2, -0.15) is 20.1 Å². The molecule has 0 radical (unpaired) electrons. The molecule has 216 valence electrons. The first-order valence-electron chi connectivity index (χ1n) is 13.4. The molecule has 2 saturated heterocycles. The van der Waals surface area contributed by atoms with E-state index in [1.165, 1.54) is 12.1 Å². The number of nitro groups is 1. The fraction of sp³-hybridized carbons (Fsp3) is 0.407. The highest BCUT2D eigenvalue weighted by atomic mass is 16.6. The molecule has 3 aromatic rings. The van der Waals surface area contributed by atoms with Gasteiger partial charge in [-0.1, -0.05) is 0 Å². The number of rotatable bonds is 11. The molecule has 14 nitrogen and oxygen atoms in total. The molecule has 2 aliphatic rings. The first-order chi connectivity index (χ1) is 20.1. The third-order valence-corrected chi connectivity index (χ3v) is 6.39. The number of aromatic nitrogens is 3. The zero-order valence-corrected chi connectivity index (χ0v) is 22.8. The SMILES string of the molecule is CCOc1cc(/C=N/Nc2nc(N3CCOCC3)nc(N3CCOCC3)n2)ccc1OCc1ccc([N+](=O)[O-])cc1. The van der Waals surface area contributed by atoms with E-state index in [0.29, 0.717) is 88.6 Å². The van der Waals surface area contributed by atoms with E-state index in [-0.39, 0.29) is 12.3 Å². The Morgan fingerprint density at radius 2 is 1.56 bits per heavy atom. The van der Waals surface area contributed by atoms with Crippen LogP contribution >= 0.6 is 0 Å². The molecule has 2 aromatic carbocycles. The summed E-state index contributed by atoms with van der Waals surface area (Å²) in [7, 11) is 0. The number of nitro benzene ring substituents is 1. The van der Waals surface area contributed by atoms with E-state index in [1.807, 2.05) is 19.1 Å². The molecule has 2 fully saturated rings. The highest BCUT2D eigenvalue weighted by Crippen LogP contribution is 2.29. The average molecular weight is 565 g/mol. The minimum Gasteiger partial charge on any atom is -0.490 e. The molecular formula is C27H32N8O6. The van der Waals surface area contributed by atoms with Gasteiger partial charge in [0.25, 0.3) is 5.69 Å². The number of hydrogen-bond donors (Lipinski definition) is 1. The second kappa shape index (κ2) is 13.7. The van der Waals surface area contributed by atoms with Crippen molar-refractivity contribution >= 4 is 29.7 Å². The molecule has 41 heavy (non-hydrogen) atoms. The summed E-state index contributed by atoms with van der Waals surface area (Å²) in [6.07, 6.45) is 1.65. The number of benzene rings is 2. The summed E-state index contributed by atoms with van der Waals surface area (Å²) >= 11 is 0. The van der Waals surface area contributed by atoms with Gasteiger partial charge in [0.1, 0.15) is 6.61 Å². The van der Waals surface area contributed by atoms with E-state index in [2.05, 4.69) is 30.3 Å². The Hall–Kier alpha value is -4.56. The molecule has 0 saturated carbocycles. The van der Waals surface area contributed by atoms with Crippen LogP contribution in [-0.4, -0.2) is 85.3 Å². The lowest BCUT2D eigenvalue weighted by atomic mass is 10.2. The van der Waals surface area contributed by atoms with Crippen molar-refractivity contribution in [3.8, 4) is 11.5 Å². The summed E-state index contributed by atoms with van der Waals surface area (Å²) < 4.78 is 22.7. The fourth-order valence-corrected chi connectivity index (χ4v) is 4.25. The van der Waals surface area contributed by atoms with Crippen molar-refractivity contribution in [2.75, 3.05) is 74.4 Å². The van der Waals surface area contributed by atoms with Gasteiger partial charge in [-0.05, 0) is 48.4 Å². The van der Waals surface area contributed by atoms with E-state index in [0.717, 1.165) is 11.1 Å². The highest BCUT2D eigenvalue weighted by Gasteiger charge is 2.20. The van der Waals surface area contributed by atoms with Crippen LogP contribution in [0.5, 0.6) is 11.5 Å². The number of anilines is 3. The molecule has 0 atom stereocenters. The Morgan fingerprint density at radius 3 is 2.15 bits per heavy atom. The minimum absolute atomic E-state index is 0.0350. The maximum Gasteiger partial charge on any atom is 0.269 e. The number of morpholine rings is 2. The number of non-ortho nitro benzene ring substituents is 1. The zero-order valence-electron chi connectivity index (χ0n) is 22.8. The summed E-state index contributed by atoms with van der Waals surface area (Å²) in [5, 5.41) is 15.2. The van der Waals surface area contributed by atoms with Gasteiger partial charge in [-0.15, -0.1) is 0 Å². The number of nitrogens with zero attached hydrogens (tertiary/aromatic N) is 7. The lowest BCUT2D eigenvalue weighted by molar-refractivity contribution is -0.384. The summed E-state index contributed by atoms with van der Waals surface area (Å²) in [6.45, 7) is 7.87. The zero-order chi connectivity index (χ0) is 28.4. The normalized spacial score (nSPS) is 15.6. The molecule has 0 spiro atoms. The van der Waals surface area contributed by atoms with Crippen LogP contribution in [0.3, 0.4) is 0 Å².